The maximum absolute atomic E-state index is 12.5. The van der Waals surface area contributed by atoms with Crippen molar-refractivity contribution in [1.82, 2.24) is 14.8 Å². The van der Waals surface area contributed by atoms with Crippen LogP contribution in [0.5, 0.6) is 0 Å². The third kappa shape index (κ3) is 3.03. The summed E-state index contributed by atoms with van der Waals surface area (Å²) in [6.07, 6.45) is 0. The molecule has 0 saturated carbocycles. The fourth-order valence-corrected chi connectivity index (χ4v) is 3.28. The van der Waals surface area contributed by atoms with Gasteiger partial charge in [0.25, 0.3) is 5.91 Å². The molecular formula is C17H18N4OS. The molecule has 2 heterocycles. The van der Waals surface area contributed by atoms with Gasteiger partial charge in [-0.1, -0.05) is 0 Å². The molecule has 0 fully saturated rings. The molecule has 1 N–H and O–H groups in total. The quantitative estimate of drug-likeness (QED) is 0.798. The SMILES string of the molecule is Cc1csc(-c2ccc(NC(=O)c3c(C)nn(C)c3C)cc2)n1. The zero-order chi connectivity index (χ0) is 16.6. The lowest BCUT2D eigenvalue weighted by Gasteiger charge is -2.06. The van der Waals surface area contributed by atoms with Crippen molar-refractivity contribution in [3.63, 3.8) is 0 Å². The number of hydrogen-bond donors (Lipinski definition) is 1. The normalized spacial score (nSPS) is 10.8. The number of aryl methyl sites for hydroxylation is 3. The molecule has 5 nitrogen and oxygen atoms in total. The van der Waals surface area contributed by atoms with Crippen molar-refractivity contribution < 1.29 is 4.79 Å². The highest BCUT2D eigenvalue weighted by Gasteiger charge is 2.17. The van der Waals surface area contributed by atoms with Crippen LogP contribution in [0.3, 0.4) is 0 Å². The van der Waals surface area contributed by atoms with Crippen molar-refractivity contribution in [3.05, 3.63) is 52.3 Å². The van der Waals surface area contributed by atoms with Crippen LogP contribution in [0.25, 0.3) is 10.6 Å². The van der Waals surface area contributed by atoms with E-state index in [1.165, 1.54) is 0 Å². The van der Waals surface area contributed by atoms with E-state index in [-0.39, 0.29) is 5.91 Å². The van der Waals surface area contributed by atoms with Gasteiger partial charge in [-0.05, 0) is 45.0 Å². The van der Waals surface area contributed by atoms with Gasteiger partial charge in [0, 0.05) is 35.1 Å². The van der Waals surface area contributed by atoms with Gasteiger partial charge in [-0.2, -0.15) is 5.10 Å². The summed E-state index contributed by atoms with van der Waals surface area (Å²) in [6.45, 7) is 5.71. The van der Waals surface area contributed by atoms with Crippen molar-refractivity contribution >= 4 is 22.9 Å². The Kier molecular flexibility index (Phi) is 4.00. The number of carbonyl (C=O) groups excluding carboxylic acids is 1. The smallest absolute Gasteiger partial charge is 0.259 e. The van der Waals surface area contributed by atoms with Crippen LogP contribution in [0.15, 0.2) is 29.6 Å². The van der Waals surface area contributed by atoms with Crippen LogP contribution in [0, 0.1) is 20.8 Å². The van der Waals surface area contributed by atoms with E-state index in [9.17, 15) is 4.79 Å². The fraction of sp³-hybridized carbons (Fsp3) is 0.235. The zero-order valence-corrected chi connectivity index (χ0v) is 14.4. The summed E-state index contributed by atoms with van der Waals surface area (Å²) in [6, 6.07) is 7.73. The van der Waals surface area contributed by atoms with Gasteiger partial charge in [0.2, 0.25) is 0 Å². The minimum absolute atomic E-state index is 0.133. The standard InChI is InChI=1S/C17H18N4OS/c1-10-9-23-17(18-10)13-5-7-14(8-6-13)19-16(22)15-11(2)20-21(4)12(15)3/h5-9H,1-4H3,(H,19,22). The second kappa shape index (κ2) is 5.96. The minimum atomic E-state index is -0.133. The number of aromatic nitrogens is 3. The third-order valence-corrected chi connectivity index (χ3v) is 4.75. The van der Waals surface area contributed by atoms with E-state index in [2.05, 4.69) is 15.4 Å². The molecule has 0 aliphatic carbocycles. The molecule has 118 valence electrons. The lowest BCUT2D eigenvalue weighted by molar-refractivity contribution is 0.102. The van der Waals surface area contributed by atoms with Crippen LogP contribution in [0.4, 0.5) is 5.69 Å². The number of nitrogens with zero attached hydrogens (tertiary/aromatic N) is 3. The monoisotopic (exact) mass is 326 g/mol. The van der Waals surface area contributed by atoms with E-state index in [1.807, 2.05) is 57.5 Å². The Hall–Kier alpha value is -2.47. The van der Waals surface area contributed by atoms with E-state index in [4.69, 9.17) is 0 Å². The maximum atomic E-state index is 12.5. The van der Waals surface area contributed by atoms with Crippen molar-refractivity contribution in [2.45, 2.75) is 20.8 Å². The Labute approximate surface area is 139 Å². The summed E-state index contributed by atoms with van der Waals surface area (Å²) in [4.78, 5) is 16.9. The first-order valence-corrected chi connectivity index (χ1v) is 8.18. The van der Waals surface area contributed by atoms with E-state index in [0.29, 0.717) is 5.56 Å². The average molecular weight is 326 g/mol. The number of anilines is 1. The molecule has 0 saturated heterocycles. The predicted octanol–water partition coefficient (Wildman–Crippen LogP) is 3.72. The first-order valence-electron chi connectivity index (χ1n) is 7.30. The molecule has 0 aliphatic rings. The molecule has 3 rings (SSSR count). The van der Waals surface area contributed by atoms with Crippen LogP contribution in [-0.2, 0) is 7.05 Å². The summed E-state index contributed by atoms with van der Waals surface area (Å²) in [5.41, 5.74) is 5.05. The summed E-state index contributed by atoms with van der Waals surface area (Å²) in [7, 11) is 1.84. The first kappa shape index (κ1) is 15.4. The third-order valence-electron chi connectivity index (χ3n) is 3.74. The molecule has 1 amide bonds. The van der Waals surface area contributed by atoms with Crippen molar-refractivity contribution in [1.29, 1.82) is 0 Å². The van der Waals surface area contributed by atoms with E-state index in [1.54, 1.807) is 16.0 Å². The predicted molar refractivity (Wildman–Crippen MR) is 92.9 cm³/mol. The molecule has 3 aromatic rings. The van der Waals surface area contributed by atoms with Gasteiger partial charge in [-0.15, -0.1) is 11.3 Å². The molecule has 2 aromatic heterocycles. The van der Waals surface area contributed by atoms with Crippen LogP contribution < -0.4 is 5.32 Å². The number of rotatable bonds is 3. The average Bonchev–Trinajstić information content (AvgIpc) is 3.04. The second-order valence-corrected chi connectivity index (χ2v) is 6.35. The molecule has 0 bridgehead atoms. The van der Waals surface area contributed by atoms with Crippen LogP contribution in [-0.4, -0.2) is 20.7 Å². The molecule has 1 aromatic carbocycles. The van der Waals surface area contributed by atoms with Crippen molar-refractivity contribution in [2.24, 2.45) is 7.05 Å². The highest BCUT2D eigenvalue weighted by Crippen LogP contribution is 2.25. The van der Waals surface area contributed by atoms with Gasteiger partial charge < -0.3 is 5.32 Å². The Bertz CT molecular complexity index is 861. The van der Waals surface area contributed by atoms with Gasteiger partial charge in [-0.25, -0.2) is 4.98 Å². The van der Waals surface area contributed by atoms with Crippen LogP contribution in [0.2, 0.25) is 0 Å². The maximum Gasteiger partial charge on any atom is 0.259 e. The molecule has 0 unspecified atom stereocenters. The Morgan fingerprint density at radius 2 is 1.87 bits per heavy atom. The number of thiazole rings is 1. The Balaban J connectivity index is 1.79. The highest BCUT2D eigenvalue weighted by molar-refractivity contribution is 7.13. The van der Waals surface area contributed by atoms with Crippen LogP contribution >= 0.6 is 11.3 Å². The summed E-state index contributed by atoms with van der Waals surface area (Å²) < 4.78 is 1.72. The van der Waals surface area contributed by atoms with E-state index >= 15 is 0 Å². The Morgan fingerprint density at radius 1 is 1.17 bits per heavy atom. The number of carbonyl (C=O) groups is 1. The molecule has 23 heavy (non-hydrogen) atoms. The summed E-state index contributed by atoms with van der Waals surface area (Å²) in [5.74, 6) is -0.133. The van der Waals surface area contributed by atoms with Gasteiger partial charge >= 0.3 is 0 Å². The summed E-state index contributed by atoms with van der Waals surface area (Å²) in [5, 5.41) is 10.2. The second-order valence-electron chi connectivity index (χ2n) is 5.49. The minimum Gasteiger partial charge on any atom is -0.322 e. The topological polar surface area (TPSA) is 59.8 Å². The fourth-order valence-electron chi connectivity index (χ4n) is 2.48. The highest BCUT2D eigenvalue weighted by atomic mass is 32.1. The van der Waals surface area contributed by atoms with E-state index < -0.39 is 0 Å². The van der Waals surface area contributed by atoms with Crippen LogP contribution in [0.1, 0.15) is 27.4 Å². The van der Waals surface area contributed by atoms with Gasteiger partial charge in [0.05, 0.1) is 11.3 Å². The first-order chi connectivity index (χ1) is 11.0. The van der Waals surface area contributed by atoms with Crippen molar-refractivity contribution in [2.75, 3.05) is 5.32 Å². The molecule has 0 radical (unpaired) electrons. The van der Waals surface area contributed by atoms with E-state index in [0.717, 1.165) is 33.3 Å². The molecular weight excluding hydrogens is 308 g/mol. The zero-order valence-electron chi connectivity index (χ0n) is 13.5. The van der Waals surface area contributed by atoms with Gasteiger partial charge in [0.15, 0.2) is 0 Å². The van der Waals surface area contributed by atoms with Gasteiger partial charge in [-0.3, -0.25) is 9.48 Å². The molecule has 0 aliphatic heterocycles. The largest absolute Gasteiger partial charge is 0.322 e. The number of hydrogen-bond acceptors (Lipinski definition) is 4. The molecule has 0 spiro atoms. The number of benzene rings is 1. The molecule has 6 heteroatoms. The number of amides is 1. The lowest BCUT2D eigenvalue weighted by Crippen LogP contribution is -2.14. The van der Waals surface area contributed by atoms with Gasteiger partial charge in [0.1, 0.15) is 5.01 Å². The Morgan fingerprint density at radius 3 is 2.39 bits per heavy atom. The van der Waals surface area contributed by atoms with Crippen molar-refractivity contribution in [3.8, 4) is 10.6 Å². The summed E-state index contributed by atoms with van der Waals surface area (Å²) >= 11 is 1.62. The lowest BCUT2D eigenvalue weighted by atomic mass is 10.1. The number of nitrogens with one attached hydrogen (secondary N) is 1. The molecule has 0 atom stereocenters.